The Hall–Kier alpha value is -3.19. The molecule has 132 valence electrons. The van der Waals surface area contributed by atoms with Gasteiger partial charge in [-0.25, -0.2) is 14.1 Å². The van der Waals surface area contributed by atoms with E-state index in [2.05, 4.69) is 0 Å². The number of urea groups is 1. The van der Waals surface area contributed by atoms with Crippen LogP contribution in [-0.2, 0) is 9.59 Å². The zero-order valence-corrected chi connectivity index (χ0v) is 14.2. The molecule has 26 heavy (non-hydrogen) atoms. The minimum absolute atomic E-state index is 0.258. The molecule has 0 spiro atoms. The van der Waals surface area contributed by atoms with Gasteiger partial charge in [-0.15, -0.1) is 0 Å². The van der Waals surface area contributed by atoms with Crippen LogP contribution in [0.3, 0.4) is 0 Å². The highest BCUT2D eigenvalue weighted by molar-refractivity contribution is 6.39. The molecule has 2 aromatic rings. The van der Waals surface area contributed by atoms with Gasteiger partial charge in [0.15, 0.2) is 0 Å². The highest BCUT2D eigenvalue weighted by Gasteiger charge is 2.38. The fourth-order valence-corrected chi connectivity index (χ4v) is 2.66. The molecule has 1 heterocycles. The quantitative estimate of drug-likeness (QED) is 0.661. The molecule has 4 amide bonds. The lowest BCUT2D eigenvalue weighted by molar-refractivity contribution is -0.122. The van der Waals surface area contributed by atoms with Gasteiger partial charge < -0.3 is 4.74 Å². The first-order valence-corrected chi connectivity index (χ1v) is 7.79. The molecular weight excluding hydrogens is 363 g/mol. The maximum atomic E-state index is 14.0. The maximum absolute atomic E-state index is 14.0. The Kier molecular flexibility index (Phi) is 4.73. The standard InChI is InChI=1S/C18H12ClFN2O4/c1-26-15-7-6-11(19)8-10(15)9-12-16(23)21-18(25)22(17(12)24)14-5-3-2-4-13(14)20/h2-9H,1H3,(H,21,23,25). The number of ether oxygens (including phenoxy) is 1. The predicted molar refractivity (Wildman–Crippen MR) is 93.4 cm³/mol. The number of benzene rings is 2. The monoisotopic (exact) mass is 374 g/mol. The molecule has 0 radical (unpaired) electrons. The number of hydrogen-bond donors (Lipinski definition) is 1. The lowest BCUT2D eigenvalue weighted by atomic mass is 10.1. The summed E-state index contributed by atoms with van der Waals surface area (Å²) in [7, 11) is 1.42. The number of amides is 4. The molecule has 8 heteroatoms. The van der Waals surface area contributed by atoms with Crippen molar-refractivity contribution in [3.63, 3.8) is 0 Å². The van der Waals surface area contributed by atoms with Gasteiger partial charge in [0, 0.05) is 10.6 Å². The first-order chi connectivity index (χ1) is 12.4. The lowest BCUT2D eigenvalue weighted by Gasteiger charge is -2.26. The number of barbiturate groups is 1. The van der Waals surface area contributed by atoms with Gasteiger partial charge in [-0.3, -0.25) is 14.9 Å². The minimum Gasteiger partial charge on any atom is -0.496 e. The molecule has 1 saturated heterocycles. The van der Waals surface area contributed by atoms with E-state index in [1.54, 1.807) is 12.1 Å². The Balaban J connectivity index is 2.09. The summed E-state index contributed by atoms with van der Waals surface area (Å²) in [5, 5.41) is 2.39. The molecule has 2 aromatic carbocycles. The summed E-state index contributed by atoms with van der Waals surface area (Å²) in [4.78, 5) is 37.5. The summed E-state index contributed by atoms with van der Waals surface area (Å²) in [5.74, 6) is -2.25. The lowest BCUT2D eigenvalue weighted by Crippen LogP contribution is -2.54. The fraction of sp³-hybridized carbons (Fsp3) is 0.0556. The van der Waals surface area contributed by atoms with Crippen molar-refractivity contribution in [1.82, 2.24) is 5.32 Å². The Bertz CT molecular complexity index is 958. The first kappa shape index (κ1) is 17.6. The van der Waals surface area contributed by atoms with Gasteiger partial charge in [-0.2, -0.15) is 0 Å². The smallest absolute Gasteiger partial charge is 0.336 e. The minimum atomic E-state index is -1.03. The second-order valence-corrected chi connectivity index (χ2v) is 5.73. The van der Waals surface area contributed by atoms with Crippen LogP contribution in [0, 0.1) is 5.82 Å². The second-order valence-electron chi connectivity index (χ2n) is 5.30. The van der Waals surface area contributed by atoms with Crippen LogP contribution in [0.1, 0.15) is 5.56 Å². The van der Waals surface area contributed by atoms with Crippen molar-refractivity contribution < 1.29 is 23.5 Å². The molecule has 1 N–H and O–H groups in total. The number of rotatable bonds is 3. The topological polar surface area (TPSA) is 75.7 Å². The van der Waals surface area contributed by atoms with Gasteiger partial charge in [-0.1, -0.05) is 23.7 Å². The third-order valence-corrected chi connectivity index (χ3v) is 3.92. The second kappa shape index (κ2) is 6.97. The van der Waals surface area contributed by atoms with Crippen LogP contribution < -0.4 is 15.0 Å². The maximum Gasteiger partial charge on any atom is 0.336 e. The van der Waals surface area contributed by atoms with Crippen molar-refractivity contribution in [2.24, 2.45) is 0 Å². The number of carbonyl (C=O) groups excluding carboxylic acids is 3. The van der Waals surface area contributed by atoms with Crippen molar-refractivity contribution in [3.8, 4) is 5.75 Å². The van der Waals surface area contributed by atoms with E-state index in [-0.39, 0.29) is 11.3 Å². The van der Waals surface area contributed by atoms with E-state index in [1.807, 2.05) is 5.32 Å². The number of para-hydroxylation sites is 1. The van der Waals surface area contributed by atoms with Crippen molar-refractivity contribution >= 4 is 41.2 Å². The molecule has 0 bridgehead atoms. The zero-order valence-electron chi connectivity index (χ0n) is 13.5. The third kappa shape index (κ3) is 3.16. The molecule has 0 aliphatic carbocycles. The zero-order chi connectivity index (χ0) is 18.8. The van der Waals surface area contributed by atoms with Gasteiger partial charge in [0.2, 0.25) is 0 Å². The molecule has 0 aromatic heterocycles. The Morgan fingerprint density at radius 3 is 2.58 bits per heavy atom. The van der Waals surface area contributed by atoms with E-state index in [0.29, 0.717) is 21.2 Å². The van der Waals surface area contributed by atoms with E-state index in [4.69, 9.17) is 16.3 Å². The number of halogens is 2. The van der Waals surface area contributed by atoms with Gasteiger partial charge in [0.05, 0.1) is 12.8 Å². The van der Waals surface area contributed by atoms with Crippen LogP contribution >= 0.6 is 11.6 Å². The van der Waals surface area contributed by atoms with E-state index in [9.17, 15) is 18.8 Å². The molecule has 0 saturated carbocycles. The van der Waals surface area contributed by atoms with Gasteiger partial charge in [0.25, 0.3) is 11.8 Å². The van der Waals surface area contributed by atoms with E-state index in [0.717, 1.165) is 6.07 Å². The van der Waals surface area contributed by atoms with Crippen LogP contribution in [0.15, 0.2) is 48.0 Å². The number of methoxy groups -OCH3 is 1. The van der Waals surface area contributed by atoms with E-state index < -0.39 is 23.7 Å². The van der Waals surface area contributed by atoms with Crippen LogP contribution in [0.4, 0.5) is 14.9 Å². The van der Waals surface area contributed by atoms with Gasteiger partial charge in [0.1, 0.15) is 17.1 Å². The molecule has 0 unspecified atom stereocenters. The van der Waals surface area contributed by atoms with Crippen molar-refractivity contribution in [1.29, 1.82) is 0 Å². The molecule has 6 nitrogen and oxygen atoms in total. The van der Waals surface area contributed by atoms with Crippen molar-refractivity contribution in [2.45, 2.75) is 0 Å². The normalized spacial score (nSPS) is 16.0. The van der Waals surface area contributed by atoms with Crippen molar-refractivity contribution in [2.75, 3.05) is 12.0 Å². The van der Waals surface area contributed by atoms with Gasteiger partial charge in [-0.05, 0) is 36.4 Å². The third-order valence-electron chi connectivity index (χ3n) is 3.69. The van der Waals surface area contributed by atoms with E-state index >= 15 is 0 Å². The highest BCUT2D eigenvalue weighted by Crippen LogP contribution is 2.28. The fourth-order valence-electron chi connectivity index (χ4n) is 2.48. The predicted octanol–water partition coefficient (Wildman–Crippen LogP) is 3.15. The van der Waals surface area contributed by atoms with E-state index in [1.165, 1.54) is 37.5 Å². The number of anilines is 1. The average molecular weight is 375 g/mol. The Labute approximate surface area is 152 Å². The van der Waals surface area contributed by atoms with Crippen LogP contribution in [0.2, 0.25) is 5.02 Å². The molecular formula is C18H12ClFN2O4. The number of hydrogen-bond acceptors (Lipinski definition) is 4. The number of carbonyl (C=O) groups is 3. The Morgan fingerprint density at radius 2 is 1.88 bits per heavy atom. The number of imide groups is 2. The summed E-state index contributed by atoms with van der Waals surface area (Å²) in [5.41, 5.74) is -0.249. The molecule has 1 fully saturated rings. The van der Waals surface area contributed by atoms with Crippen LogP contribution in [0.25, 0.3) is 6.08 Å². The van der Waals surface area contributed by atoms with Crippen LogP contribution in [0.5, 0.6) is 5.75 Å². The van der Waals surface area contributed by atoms with Crippen LogP contribution in [-0.4, -0.2) is 25.0 Å². The largest absolute Gasteiger partial charge is 0.496 e. The summed E-state index contributed by atoms with van der Waals surface area (Å²) in [6, 6.07) is 8.89. The number of nitrogens with one attached hydrogen (secondary N) is 1. The summed E-state index contributed by atoms with van der Waals surface area (Å²) < 4.78 is 19.2. The average Bonchev–Trinajstić information content (AvgIpc) is 2.60. The molecule has 1 aliphatic rings. The highest BCUT2D eigenvalue weighted by atomic mass is 35.5. The van der Waals surface area contributed by atoms with Gasteiger partial charge >= 0.3 is 6.03 Å². The summed E-state index contributed by atoms with van der Waals surface area (Å²) >= 11 is 5.95. The molecule has 0 atom stereocenters. The summed E-state index contributed by atoms with van der Waals surface area (Å²) in [6.45, 7) is 0. The Morgan fingerprint density at radius 1 is 1.15 bits per heavy atom. The molecule has 1 aliphatic heterocycles. The van der Waals surface area contributed by atoms with Crippen molar-refractivity contribution in [3.05, 3.63) is 64.4 Å². The number of nitrogens with zero attached hydrogens (tertiary/aromatic N) is 1. The summed E-state index contributed by atoms with van der Waals surface area (Å²) in [6.07, 6.45) is 1.24. The first-order valence-electron chi connectivity index (χ1n) is 7.42. The SMILES string of the molecule is COc1ccc(Cl)cc1C=C1C(=O)NC(=O)N(c2ccccc2F)C1=O. The molecule has 3 rings (SSSR count).